The van der Waals surface area contributed by atoms with E-state index in [1.54, 1.807) is 0 Å². The summed E-state index contributed by atoms with van der Waals surface area (Å²) in [5, 5.41) is 0.983. The summed E-state index contributed by atoms with van der Waals surface area (Å²) in [5.41, 5.74) is 9.27. The maximum Gasteiger partial charge on any atom is 0.145 e. The molecule has 0 spiro atoms. The van der Waals surface area contributed by atoms with E-state index in [1.807, 2.05) is 0 Å². The number of ether oxygens (including phenoxy) is 1. The second kappa shape index (κ2) is 6.70. The van der Waals surface area contributed by atoms with E-state index in [2.05, 4.69) is 35.3 Å². The fourth-order valence-corrected chi connectivity index (χ4v) is 2.44. The molecular weight excluding hydrogens is 252 g/mol. The first-order valence-corrected chi connectivity index (χ1v) is 7.30. The van der Waals surface area contributed by atoms with E-state index in [9.17, 15) is 0 Å². The van der Waals surface area contributed by atoms with Crippen molar-refractivity contribution in [1.29, 1.82) is 0 Å². The lowest BCUT2D eigenvalue weighted by Crippen LogP contribution is -2.06. The third-order valence-corrected chi connectivity index (χ3v) is 3.75. The van der Waals surface area contributed by atoms with Crippen LogP contribution in [0.1, 0.15) is 37.4 Å². The molecule has 2 aromatic heterocycles. The summed E-state index contributed by atoms with van der Waals surface area (Å²) in [6.07, 6.45) is 4.83. The lowest BCUT2D eigenvalue weighted by molar-refractivity contribution is 0.126. The molecule has 0 bridgehead atoms. The highest BCUT2D eigenvalue weighted by molar-refractivity contribution is 5.90. The van der Waals surface area contributed by atoms with Gasteiger partial charge >= 0.3 is 0 Å². The van der Waals surface area contributed by atoms with Crippen molar-refractivity contribution in [3.8, 4) is 0 Å². The first kappa shape index (κ1) is 14.8. The lowest BCUT2D eigenvalue weighted by atomic mass is 10.2. The first-order valence-electron chi connectivity index (χ1n) is 7.30. The Morgan fingerprint density at radius 2 is 1.95 bits per heavy atom. The topological polar surface area (TPSA) is 66.0 Å². The van der Waals surface area contributed by atoms with E-state index in [0.717, 1.165) is 43.6 Å². The molecular formula is C15H24N4O. The smallest absolute Gasteiger partial charge is 0.145 e. The number of rotatable bonds is 7. The van der Waals surface area contributed by atoms with Crippen LogP contribution >= 0.6 is 0 Å². The largest absolute Gasteiger partial charge is 0.383 e. The molecule has 0 aliphatic rings. The van der Waals surface area contributed by atoms with E-state index in [4.69, 9.17) is 10.5 Å². The molecule has 0 amide bonds. The number of nitrogens with zero attached hydrogens (tertiary/aromatic N) is 3. The van der Waals surface area contributed by atoms with Crippen LogP contribution in [0, 0.1) is 13.8 Å². The van der Waals surface area contributed by atoms with Gasteiger partial charge in [-0.15, -0.1) is 0 Å². The monoisotopic (exact) mass is 276 g/mol. The van der Waals surface area contributed by atoms with Crippen LogP contribution in [-0.2, 0) is 11.3 Å². The molecule has 2 N–H and O–H groups in total. The third-order valence-electron chi connectivity index (χ3n) is 3.75. The molecule has 110 valence electrons. The summed E-state index contributed by atoms with van der Waals surface area (Å²) in [5.74, 6) is 0.563. The third kappa shape index (κ3) is 2.93. The van der Waals surface area contributed by atoms with Crippen LogP contribution in [0.3, 0.4) is 0 Å². The van der Waals surface area contributed by atoms with Crippen molar-refractivity contribution in [2.45, 2.75) is 46.6 Å². The van der Waals surface area contributed by atoms with Crippen molar-refractivity contribution in [2.24, 2.45) is 0 Å². The number of hydrogen-bond acceptors (Lipinski definition) is 4. The van der Waals surface area contributed by atoms with Crippen molar-refractivity contribution < 1.29 is 4.74 Å². The van der Waals surface area contributed by atoms with Crippen LogP contribution < -0.4 is 5.73 Å². The Kier molecular flexibility index (Phi) is 4.95. The Morgan fingerprint density at radius 1 is 1.20 bits per heavy atom. The van der Waals surface area contributed by atoms with Gasteiger partial charge in [-0.1, -0.05) is 13.3 Å². The molecule has 2 heterocycles. The highest BCUT2D eigenvalue weighted by Crippen LogP contribution is 2.26. The zero-order valence-electron chi connectivity index (χ0n) is 12.6. The van der Waals surface area contributed by atoms with Gasteiger partial charge < -0.3 is 15.0 Å². The number of fused-ring (bicyclic) bond motifs is 1. The number of unbranched alkanes of at least 4 members (excludes halogenated alkanes) is 1. The molecule has 2 rings (SSSR count). The maximum absolute atomic E-state index is 5.96. The summed E-state index contributed by atoms with van der Waals surface area (Å²) in [6, 6.07) is 0. The van der Waals surface area contributed by atoms with E-state index >= 15 is 0 Å². The van der Waals surface area contributed by atoms with Gasteiger partial charge in [-0.3, -0.25) is 0 Å². The summed E-state index contributed by atoms with van der Waals surface area (Å²) < 4.78 is 7.82. The Labute approximate surface area is 120 Å². The second-order valence-corrected chi connectivity index (χ2v) is 5.14. The maximum atomic E-state index is 5.96. The molecule has 0 fully saturated rings. The average molecular weight is 276 g/mol. The predicted molar refractivity (Wildman–Crippen MR) is 81.8 cm³/mol. The molecule has 0 unspecified atom stereocenters. The van der Waals surface area contributed by atoms with Gasteiger partial charge in [0.15, 0.2) is 0 Å². The molecule has 5 nitrogen and oxygen atoms in total. The zero-order chi connectivity index (χ0) is 14.5. The fraction of sp³-hybridized carbons (Fsp3) is 0.600. The van der Waals surface area contributed by atoms with E-state index in [-0.39, 0.29) is 0 Å². The van der Waals surface area contributed by atoms with Gasteiger partial charge in [0, 0.05) is 25.5 Å². The van der Waals surface area contributed by atoms with Crippen LogP contribution in [0.2, 0.25) is 0 Å². The van der Waals surface area contributed by atoms with Gasteiger partial charge in [0.1, 0.15) is 17.8 Å². The van der Waals surface area contributed by atoms with Gasteiger partial charge in [0.25, 0.3) is 0 Å². The van der Waals surface area contributed by atoms with Crippen LogP contribution in [0.5, 0.6) is 0 Å². The molecule has 0 radical (unpaired) electrons. The van der Waals surface area contributed by atoms with Crippen molar-refractivity contribution >= 4 is 16.9 Å². The zero-order valence-corrected chi connectivity index (χ0v) is 12.6. The van der Waals surface area contributed by atoms with Crippen LogP contribution in [0.4, 0.5) is 5.82 Å². The summed E-state index contributed by atoms with van der Waals surface area (Å²) >= 11 is 0. The van der Waals surface area contributed by atoms with Crippen molar-refractivity contribution in [3.05, 3.63) is 17.6 Å². The SMILES string of the molecule is CCCCOCCCn1c(C)c(C)c2c(N)ncnc21. The fourth-order valence-electron chi connectivity index (χ4n) is 2.44. The molecule has 0 saturated carbocycles. The molecule has 2 aromatic rings. The Balaban J connectivity index is 2.07. The van der Waals surface area contributed by atoms with Gasteiger partial charge in [0.05, 0.1) is 5.39 Å². The molecule has 0 aliphatic heterocycles. The van der Waals surface area contributed by atoms with Gasteiger partial charge in [-0.2, -0.15) is 0 Å². The summed E-state index contributed by atoms with van der Waals surface area (Å²) in [4.78, 5) is 8.46. The van der Waals surface area contributed by atoms with E-state index in [0.29, 0.717) is 5.82 Å². The van der Waals surface area contributed by atoms with Crippen LogP contribution in [0.15, 0.2) is 6.33 Å². The van der Waals surface area contributed by atoms with E-state index < -0.39 is 0 Å². The van der Waals surface area contributed by atoms with Gasteiger partial charge in [-0.05, 0) is 32.3 Å². The lowest BCUT2D eigenvalue weighted by Gasteiger charge is -2.08. The van der Waals surface area contributed by atoms with Crippen molar-refractivity contribution in [1.82, 2.24) is 14.5 Å². The summed E-state index contributed by atoms with van der Waals surface area (Å²) in [6.45, 7) is 8.90. The second-order valence-electron chi connectivity index (χ2n) is 5.14. The minimum atomic E-state index is 0.563. The van der Waals surface area contributed by atoms with Gasteiger partial charge in [-0.25, -0.2) is 9.97 Å². The standard InChI is InChI=1S/C15H24N4O/c1-4-5-8-20-9-6-7-19-12(3)11(2)13-14(16)17-10-18-15(13)19/h10H,4-9H2,1-3H3,(H2,16,17,18). The predicted octanol–water partition coefficient (Wildman–Crippen LogP) is 2.84. The molecule has 0 aliphatic carbocycles. The molecule has 20 heavy (non-hydrogen) atoms. The summed E-state index contributed by atoms with van der Waals surface area (Å²) in [7, 11) is 0. The number of hydrogen-bond donors (Lipinski definition) is 1. The Hall–Kier alpha value is -1.62. The highest BCUT2D eigenvalue weighted by atomic mass is 16.5. The highest BCUT2D eigenvalue weighted by Gasteiger charge is 2.14. The Morgan fingerprint density at radius 3 is 2.70 bits per heavy atom. The normalized spacial score (nSPS) is 11.3. The average Bonchev–Trinajstić information content (AvgIpc) is 2.68. The minimum absolute atomic E-state index is 0.563. The van der Waals surface area contributed by atoms with Gasteiger partial charge in [0.2, 0.25) is 0 Å². The van der Waals surface area contributed by atoms with Crippen molar-refractivity contribution in [3.63, 3.8) is 0 Å². The van der Waals surface area contributed by atoms with E-state index in [1.165, 1.54) is 24.0 Å². The Bertz CT molecular complexity index is 577. The quantitative estimate of drug-likeness (QED) is 0.790. The number of aryl methyl sites for hydroxylation is 2. The number of aromatic nitrogens is 3. The van der Waals surface area contributed by atoms with Crippen LogP contribution in [-0.4, -0.2) is 27.7 Å². The number of nitrogen functional groups attached to an aromatic ring is 1. The molecule has 0 saturated heterocycles. The minimum Gasteiger partial charge on any atom is -0.383 e. The first-order chi connectivity index (χ1) is 9.66. The number of anilines is 1. The van der Waals surface area contributed by atoms with Crippen LogP contribution in [0.25, 0.3) is 11.0 Å². The molecule has 0 aromatic carbocycles. The molecule has 0 atom stereocenters. The van der Waals surface area contributed by atoms with Crippen molar-refractivity contribution in [2.75, 3.05) is 18.9 Å². The molecule has 5 heteroatoms. The number of nitrogens with two attached hydrogens (primary N) is 1.